The van der Waals surface area contributed by atoms with E-state index in [1.807, 2.05) is 24.3 Å². The maximum absolute atomic E-state index is 6.55. The van der Waals surface area contributed by atoms with E-state index in [-0.39, 0.29) is 19.8 Å². The summed E-state index contributed by atoms with van der Waals surface area (Å²) in [5.74, 6) is -0.635. The number of ether oxygens (including phenoxy) is 3. The Morgan fingerprint density at radius 2 is 1.92 bits per heavy atom. The molecule has 0 radical (unpaired) electrons. The average molecular weight is 540 g/mol. The Balaban J connectivity index is 1.26. The van der Waals surface area contributed by atoms with Crippen LogP contribution in [0.25, 0.3) is 0 Å². The fourth-order valence-corrected chi connectivity index (χ4v) is 4.90. The highest BCUT2D eigenvalue weighted by molar-refractivity contribution is 6.35. The zero-order valence-electron chi connectivity index (χ0n) is 19.1. The van der Waals surface area contributed by atoms with Gasteiger partial charge in [-0.15, -0.1) is 20.4 Å². The summed E-state index contributed by atoms with van der Waals surface area (Å²) in [7, 11) is 0. The van der Waals surface area contributed by atoms with Crippen LogP contribution in [-0.2, 0) is 27.5 Å². The van der Waals surface area contributed by atoms with Crippen molar-refractivity contribution >= 4 is 29.4 Å². The molecular weight excluding hydrogens is 521 g/mol. The molecule has 0 N–H and O–H groups in total. The van der Waals surface area contributed by atoms with E-state index in [1.54, 1.807) is 52.6 Å². The van der Waals surface area contributed by atoms with Gasteiger partial charge >= 0.3 is 0 Å². The van der Waals surface area contributed by atoms with Crippen molar-refractivity contribution in [3.05, 3.63) is 88.9 Å². The lowest BCUT2D eigenvalue weighted by atomic mass is 10.00. The maximum atomic E-state index is 6.55. The maximum Gasteiger partial charge on any atom is 0.227 e. The van der Waals surface area contributed by atoms with E-state index >= 15 is 0 Å². The summed E-state index contributed by atoms with van der Waals surface area (Å²) < 4.78 is 22.3. The van der Waals surface area contributed by atoms with Crippen LogP contribution < -0.4 is 4.74 Å². The van der Waals surface area contributed by atoms with Crippen LogP contribution in [0.2, 0.25) is 10.0 Å². The third kappa shape index (κ3) is 4.37. The zero-order valence-corrected chi connectivity index (χ0v) is 20.6. The Kier molecular flexibility index (Phi) is 6.16. The van der Waals surface area contributed by atoms with E-state index < -0.39 is 17.6 Å². The largest absolute Gasteiger partial charge is 0.490 e. The van der Waals surface area contributed by atoms with Crippen molar-refractivity contribution < 1.29 is 14.2 Å². The summed E-state index contributed by atoms with van der Waals surface area (Å²) in [5, 5.41) is 25.1. The van der Waals surface area contributed by atoms with Crippen molar-refractivity contribution in [2.24, 2.45) is 15.4 Å². The first-order valence-corrected chi connectivity index (χ1v) is 12.0. The molecular formula is C23H19Cl2N9O3. The van der Waals surface area contributed by atoms with Crippen molar-refractivity contribution in [1.82, 2.24) is 29.5 Å². The van der Waals surface area contributed by atoms with Gasteiger partial charge in [0.1, 0.15) is 50.3 Å². The van der Waals surface area contributed by atoms with Gasteiger partial charge in [0.2, 0.25) is 11.4 Å². The van der Waals surface area contributed by atoms with Gasteiger partial charge in [-0.1, -0.05) is 47.5 Å². The van der Waals surface area contributed by atoms with Crippen LogP contribution >= 0.6 is 23.2 Å². The van der Waals surface area contributed by atoms with E-state index in [2.05, 4.69) is 35.7 Å². The minimum atomic E-state index is -1.21. The molecule has 1 saturated heterocycles. The average Bonchev–Trinajstić information content (AvgIpc) is 3.72. The molecule has 0 aliphatic carbocycles. The van der Waals surface area contributed by atoms with E-state index in [1.165, 1.54) is 6.33 Å². The second kappa shape index (κ2) is 9.63. The summed E-state index contributed by atoms with van der Waals surface area (Å²) in [4.78, 5) is 4.02. The van der Waals surface area contributed by atoms with Crippen molar-refractivity contribution in [2.45, 2.75) is 24.1 Å². The molecule has 188 valence electrons. The normalized spacial score (nSPS) is 24.6. The first kappa shape index (κ1) is 23.7. The number of rotatable bonds is 8. The highest BCUT2D eigenvalue weighted by Crippen LogP contribution is 2.41. The van der Waals surface area contributed by atoms with Crippen LogP contribution in [0.1, 0.15) is 11.1 Å². The minimum Gasteiger partial charge on any atom is -0.490 e. The zero-order chi connectivity index (χ0) is 25.3. The number of halogens is 2. The number of hydrogen-bond acceptors (Lipinski definition) is 10. The molecule has 12 nitrogen and oxygen atoms in total. The minimum absolute atomic E-state index is 0.188. The summed E-state index contributed by atoms with van der Waals surface area (Å²) in [6, 6.07) is 12.7. The van der Waals surface area contributed by atoms with E-state index in [0.717, 1.165) is 0 Å². The number of para-hydroxylation sites is 1. The van der Waals surface area contributed by atoms with Gasteiger partial charge in [-0.05, 0) is 23.4 Å². The van der Waals surface area contributed by atoms with Crippen LogP contribution in [0.5, 0.6) is 5.75 Å². The molecule has 2 aromatic carbocycles. The molecule has 6 rings (SSSR count). The number of hydrogen-bond donors (Lipinski definition) is 0. The quantitative estimate of drug-likeness (QED) is 0.334. The van der Waals surface area contributed by atoms with E-state index in [9.17, 15) is 0 Å². The molecule has 0 bridgehead atoms. The third-order valence-corrected chi connectivity index (χ3v) is 6.59. The van der Waals surface area contributed by atoms with Crippen LogP contribution in [0.15, 0.2) is 83.2 Å². The predicted octanol–water partition coefficient (Wildman–Crippen LogP) is 3.68. The monoisotopic (exact) mass is 539 g/mol. The molecule has 2 aromatic heterocycles. The molecule has 2 aliphatic rings. The highest BCUT2D eigenvalue weighted by atomic mass is 35.5. The number of aromatic nitrogens is 6. The lowest BCUT2D eigenvalue weighted by Crippen LogP contribution is -2.35. The molecule has 4 heterocycles. The van der Waals surface area contributed by atoms with Gasteiger partial charge in [-0.2, -0.15) is 5.10 Å². The van der Waals surface area contributed by atoms with Gasteiger partial charge in [-0.25, -0.2) is 9.67 Å². The summed E-state index contributed by atoms with van der Waals surface area (Å²) >= 11 is 12.7. The Hall–Kier alpha value is -3.71. The fraction of sp³-hybridized carbons (Fsp3) is 0.261. The van der Waals surface area contributed by atoms with Crippen molar-refractivity contribution in [1.29, 1.82) is 0 Å². The number of benzene rings is 2. The van der Waals surface area contributed by atoms with Crippen LogP contribution in [0.4, 0.5) is 0 Å². The van der Waals surface area contributed by atoms with Crippen molar-refractivity contribution in [3.63, 3.8) is 0 Å². The first-order valence-electron chi connectivity index (χ1n) is 11.2. The standard InChI is InChI=1S/C23H19Cl2N9O3/c24-16-5-6-18(20(25)7-16)23(11-34-13-26-12-30-34)36-9-17(37-23)8-35-21-4-2-1-3-19(21)22(10-27-32-31-22)33-14-28-29-15-33/h1-7,10,12-15,17H,8-9,11H2. The molecule has 37 heavy (non-hydrogen) atoms. The van der Waals surface area contributed by atoms with Crippen LogP contribution in [0.3, 0.4) is 0 Å². The molecule has 14 heteroatoms. The molecule has 4 aromatic rings. The van der Waals surface area contributed by atoms with Crippen LogP contribution in [-0.4, -0.2) is 55.1 Å². The van der Waals surface area contributed by atoms with E-state index in [4.69, 9.17) is 37.4 Å². The Morgan fingerprint density at radius 3 is 2.68 bits per heavy atom. The topological polar surface area (TPSA) is 126 Å². The van der Waals surface area contributed by atoms with Gasteiger partial charge in [0.05, 0.1) is 17.8 Å². The van der Waals surface area contributed by atoms with Crippen molar-refractivity contribution in [3.8, 4) is 5.75 Å². The van der Waals surface area contributed by atoms with Gasteiger partial charge in [0.15, 0.2) is 0 Å². The second-order valence-electron chi connectivity index (χ2n) is 8.36. The smallest absolute Gasteiger partial charge is 0.227 e. The summed E-state index contributed by atoms with van der Waals surface area (Å²) in [6.07, 6.45) is 7.32. The van der Waals surface area contributed by atoms with Gasteiger partial charge in [0, 0.05) is 16.1 Å². The predicted molar refractivity (Wildman–Crippen MR) is 131 cm³/mol. The molecule has 0 amide bonds. The van der Waals surface area contributed by atoms with Crippen LogP contribution in [0, 0.1) is 0 Å². The molecule has 1 fully saturated rings. The highest BCUT2D eigenvalue weighted by Gasteiger charge is 2.46. The second-order valence-corrected chi connectivity index (χ2v) is 9.20. The molecule has 2 aliphatic heterocycles. The fourth-order valence-electron chi connectivity index (χ4n) is 4.35. The summed E-state index contributed by atoms with van der Waals surface area (Å²) in [5.41, 5.74) is 0.292. The number of nitrogens with zero attached hydrogens (tertiary/aromatic N) is 9. The van der Waals surface area contributed by atoms with Gasteiger partial charge < -0.3 is 14.2 Å². The van der Waals surface area contributed by atoms with Gasteiger partial charge in [0.25, 0.3) is 0 Å². The Labute approximate surface area is 220 Å². The molecule has 0 saturated carbocycles. The Morgan fingerprint density at radius 1 is 1.05 bits per heavy atom. The van der Waals surface area contributed by atoms with Gasteiger partial charge in [-0.3, -0.25) is 4.57 Å². The van der Waals surface area contributed by atoms with E-state index in [0.29, 0.717) is 26.9 Å². The van der Waals surface area contributed by atoms with Crippen molar-refractivity contribution in [2.75, 3.05) is 13.2 Å². The molecule has 3 unspecified atom stereocenters. The first-order chi connectivity index (χ1) is 18.1. The molecule has 3 atom stereocenters. The molecule has 0 spiro atoms. The Bertz CT molecular complexity index is 1430. The lowest BCUT2D eigenvalue weighted by molar-refractivity contribution is -0.190. The SMILES string of the molecule is Clc1ccc(C2(Cn3cncn3)OCC(COc3ccccc3C3(n4cnnc4)C=NN=N3)O2)c(Cl)c1. The lowest BCUT2D eigenvalue weighted by Gasteiger charge is -2.29. The summed E-state index contributed by atoms with van der Waals surface area (Å²) in [6.45, 7) is 0.677. The third-order valence-electron chi connectivity index (χ3n) is 6.04.